The van der Waals surface area contributed by atoms with Crippen LogP contribution in [-0.2, 0) is 22.7 Å². The summed E-state index contributed by atoms with van der Waals surface area (Å²) >= 11 is 6.18. The zero-order chi connectivity index (χ0) is 25.7. The topological polar surface area (TPSA) is 79.6 Å². The lowest BCUT2D eigenvalue weighted by atomic mass is 9.93. The maximum Gasteiger partial charge on any atom is 0.271 e. The molecule has 7 heteroatoms. The van der Waals surface area contributed by atoms with Gasteiger partial charge in [-0.2, -0.15) is 5.26 Å². The van der Waals surface area contributed by atoms with Crippen molar-refractivity contribution in [1.29, 1.82) is 5.26 Å². The number of carbonyl (C=O) groups is 2. The second-order valence-electron chi connectivity index (χ2n) is 8.16. The summed E-state index contributed by atoms with van der Waals surface area (Å²) in [5.41, 5.74) is 2.97. The molecule has 0 fully saturated rings. The Morgan fingerprint density at radius 2 is 1.61 bits per heavy atom. The average molecular weight is 499 g/mol. The largest absolute Gasteiger partial charge is 0.497 e. The van der Waals surface area contributed by atoms with Gasteiger partial charge in [-0.15, -0.1) is 0 Å². The number of carbonyl (C=O) groups excluding carboxylic acids is 2. The third kappa shape index (κ3) is 5.32. The van der Waals surface area contributed by atoms with Gasteiger partial charge in [0.2, 0.25) is 0 Å². The Morgan fingerprint density at radius 3 is 2.25 bits per heavy atom. The fourth-order valence-electron chi connectivity index (χ4n) is 3.79. The van der Waals surface area contributed by atoms with Crippen LogP contribution >= 0.6 is 11.6 Å². The molecule has 0 saturated heterocycles. The van der Waals surface area contributed by atoms with Crippen molar-refractivity contribution in [3.05, 3.63) is 111 Å². The summed E-state index contributed by atoms with van der Waals surface area (Å²) < 4.78 is 11.0. The first kappa shape index (κ1) is 24.8. The van der Waals surface area contributed by atoms with E-state index in [-0.39, 0.29) is 12.1 Å². The molecule has 180 valence electrons. The number of hydrogen-bond donors (Lipinski definition) is 0. The Balaban J connectivity index is 1.56. The highest BCUT2D eigenvalue weighted by molar-refractivity contribution is 6.31. The van der Waals surface area contributed by atoms with Crippen LogP contribution in [-0.4, -0.2) is 23.8 Å². The van der Waals surface area contributed by atoms with Gasteiger partial charge >= 0.3 is 0 Å². The monoisotopic (exact) mass is 498 g/mol. The summed E-state index contributed by atoms with van der Waals surface area (Å²) in [5.74, 6) is 0.263. The Morgan fingerprint density at radius 1 is 0.944 bits per heavy atom. The number of imide groups is 1. The second kappa shape index (κ2) is 10.9. The number of nitriles is 1. The van der Waals surface area contributed by atoms with Gasteiger partial charge in [0.25, 0.3) is 11.8 Å². The molecule has 0 radical (unpaired) electrons. The molecule has 3 aromatic rings. The number of ether oxygens (including phenoxy) is 2. The first-order valence-electron chi connectivity index (χ1n) is 11.2. The standard InChI is InChI=1S/C29H23ClN2O4/c1-19-25(15-20-7-13-24(14-8-20)36-18-22-5-3-4-6-27(22)30)28(33)32(29(34)26(19)16-31)17-21-9-11-23(35-2)12-10-21/h3-15H,17-18H2,1-2H3/b25-15+. The molecule has 4 rings (SSSR count). The average Bonchev–Trinajstić information content (AvgIpc) is 2.90. The van der Waals surface area contributed by atoms with E-state index < -0.39 is 11.8 Å². The van der Waals surface area contributed by atoms with E-state index in [1.165, 1.54) is 0 Å². The number of nitrogens with zero attached hydrogens (tertiary/aromatic N) is 2. The van der Waals surface area contributed by atoms with Crippen molar-refractivity contribution in [1.82, 2.24) is 4.90 Å². The molecular formula is C29H23ClN2O4. The van der Waals surface area contributed by atoms with Gasteiger partial charge < -0.3 is 9.47 Å². The van der Waals surface area contributed by atoms with Gasteiger partial charge in [-0.3, -0.25) is 14.5 Å². The molecule has 1 aliphatic rings. The molecule has 0 aromatic heterocycles. The number of benzene rings is 3. The zero-order valence-corrected chi connectivity index (χ0v) is 20.6. The Labute approximate surface area is 214 Å². The number of rotatable bonds is 7. The molecule has 0 spiro atoms. The predicted molar refractivity (Wildman–Crippen MR) is 137 cm³/mol. The highest BCUT2D eigenvalue weighted by Gasteiger charge is 2.35. The van der Waals surface area contributed by atoms with Gasteiger partial charge in [0.05, 0.1) is 13.7 Å². The molecule has 6 nitrogen and oxygen atoms in total. The Kier molecular flexibility index (Phi) is 7.53. The van der Waals surface area contributed by atoms with Gasteiger partial charge in [-0.25, -0.2) is 0 Å². The molecular weight excluding hydrogens is 476 g/mol. The fourth-order valence-corrected chi connectivity index (χ4v) is 3.98. The summed E-state index contributed by atoms with van der Waals surface area (Å²) in [5, 5.41) is 10.3. The summed E-state index contributed by atoms with van der Waals surface area (Å²) in [7, 11) is 1.56. The molecule has 2 amide bonds. The first-order chi connectivity index (χ1) is 17.4. The van der Waals surface area contributed by atoms with Crippen LogP contribution in [0, 0.1) is 11.3 Å². The van der Waals surface area contributed by atoms with Crippen molar-refractivity contribution in [3.8, 4) is 17.6 Å². The first-order valence-corrected chi connectivity index (χ1v) is 11.6. The van der Waals surface area contributed by atoms with Gasteiger partial charge in [-0.1, -0.05) is 54.1 Å². The molecule has 3 aromatic carbocycles. The second-order valence-corrected chi connectivity index (χ2v) is 8.57. The Bertz CT molecular complexity index is 1400. The van der Waals surface area contributed by atoms with Crippen molar-refractivity contribution in [3.63, 3.8) is 0 Å². The molecule has 1 heterocycles. The number of hydrogen-bond acceptors (Lipinski definition) is 5. The van der Waals surface area contributed by atoms with E-state index in [4.69, 9.17) is 21.1 Å². The maximum absolute atomic E-state index is 13.3. The van der Waals surface area contributed by atoms with Crippen LogP contribution in [0.2, 0.25) is 5.02 Å². The third-order valence-electron chi connectivity index (χ3n) is 5.87. The van der Waals surface area contributed by atoms with E-state index in [2.05, 4.69) is 0 Å². The van der Waals surface area contributed by atoms with Crippen molar-refractivity contribution in [2.45, 2.75) is 20.1 Å². The maximum atomic E-state index is 13.3. The molecule has 0 bridgehead atoms. The minimum atomic E-state index is -0.601. The summed E-state index contributed by atoms with van der Waals surface area (Å²) in [6, 6.07) is 23.7. The molecule has 0 N–H and O–H groups in total. The van der Waals surface area contributed by atoms with E-state index in [0.717, 1.165) is 21.6 Å². The van der Waals surface area contributed by atoms with E-state index in [1.807, 2.05) is 42.5 Å². The summed E-state index contributed by atoms with van der Waals surface area (Å²) in [6.45, 7) is 1.99. The highest BCUT2D eigenvalue weighted by Crippen LogP contribution is 2.29. The molecule has 0 aliphatic carbocycles. The van der Waals surface area contributed by atoms with E-state index in [1.54, 1.807) is 56.5 Å². The van der Waals surface area contributed by atoms with Gasteiger partial charge in [0.15, 0.2) is 0 Å². The SMILES string of the molecule is COc1ccc(CN2C(=O)C(C#N)=C(C)/C(=C\c3ccc(OCc4ccccc4Cl)cc3)C2=O)cc1. The number of halogens is 1. The van der Waals surface area contributed by atoms with Gasteiger partial charge in [0, 0.05) is 16.2 Å². The van der Waals surface area contributed by atoms with Crippen molar-refractivity contribution >= 4 is 29.5 Å². The van der Waals surface area contributed by atoms with E-state index in [9.17, 15) is 14.9 Å². The minimum absolute atomic E-state index is 0.0472. The van der Waals surface area contributed by atoms with Crippen LogP contribution < -0.4 is 9.47 Å². The lowest BCUT2D eigenvalue weighted by Gasteiger charge is -2.27. The molecule has 0 atom stereocenters. The quantitative estimate of drug-likeness (QED) is 0.307. The van der Waals surface area contributed by atoms with Crippen LogP contribution in [0.15, 0.2) is 89.5 Å². The fraction of sp³-hybridized carbons (Fsp3) is 0.138. The van der Waals surface area contributed by atoms with Crippen molar-refractivity contribution < 1.29 is 19.1 Å². The van der Waals surface area contributed by atoms with Crippen LogP contribution in [0.1, 0.15) is 23.6 Å². The van der Waals surface area contributed by atoms with Crippen LogP contribution in [0.3, 0.4) is 0 Å². The molecule has 0 unspecified atom stereocenters. The zero-order valence-electron chi connectivity index (χ0n) is 19.8. The number of methoxy groups -OCH3 is 1. The van der Waals surface area contributed by atoms with E-state index in [0.29, 0.717) is 34.3 Å². The predicted octanol–water partition coefficient (Wildman–Crippen LogP) is 5.72. The minimum Gasteiger partial charge on any atom is -0.497 e. The molecule has 1 aliphatic heterocycles. The van der Waals surface area contributed by atoms with Crippen LogP contribution in [0.4, 0.5) is 0 Å². The van der Waals surface area contributed by atoms with Crippen molar-refractivity contribution in [2.75, 3.05) is 7.11 Å². The summed E-state index contributed by atoms with van der Waals surface area (Å²) in [6.07, 6.45) is 1.68. The van der Waals surface area contributed by atoms with Crippen LogP contribution in [0.5, 0.6) is 11.5 Å². The lowest BCUT2D eigenvalue weighted by Crippen LogP contribution is -2.42. The molecule has 0 saturated carbocycles. The van der Waals surface area contributed by atoms with Gasteiger partial charge in [0.1, 0.15) is 29.7 Å². The smallest absolute Gasteiger partial charge is 0.271 e. The lowest BCUT2D eigenvalue weighted by molar-refractivity contribution is -0.141. The summed E-state index contributed by atoms with van der Waals surface area (Å²) in [4.78, 5) is 27.3. The molecule has 36 heavy (non-hydrogen) atoms. The highest BCUT2D eigenvalue weighted by atomic mass is 35.5. The number of amides is 2. The third-order valence-corrected chi connectivity index (χ3v) is 6.24. The van der Waals surface area contributed by atoms with Gasteiger partial charge in [-0.05, 0) is 60.0 Å². The normalized spacial score (nSPS) is 14.7. The van der Waals surface area contributed by atoms with Crippen molar-refractivity contribution in [2.24, 2.45) is 0 Å². The Hall–Kier alpha value is -4.34. The van der Waals surface area contributed by atoms with E-state index >= 15 is 0 Å². The van der Waals surface area contributed by atoms with Crippen LogP contribution in [0.25, 0.3) is 6.08 Å².